The zero-order chi connectivity index (χ0) is 21.2. The van der Waals surface area contributed by atoms with Gasteiger partial charge in [0.05, 0.1) is 23.4 Å². The molecule has 2 N–H and O–H groups in total. The van der Waals surface area contributed by atoms with Gasteiger partial charge in [-0.05, 0) is 19.8 Å². The predicted octanol–water partition coefficient (Wildman–Crippen LogP) is 3.68. The Hall–Kier alpha value is -3.35. The van der Waals surface area contributed by atoms with Crippen LogP contribution in [0.2, 0.25) is 0 Å². The minimum absolute atomic E-state index is 0.139. The number of carbonyl (C=O) groups is 1. The van der Waals surface area contributed by atoms with Crippen LogP contribution in [0.3, 0.4) is 0 Å². The van der Waals surface area contributed by atoms with Crippen molar-refractivity contribution < 1.29 is 18.3 Å². The summed E-state index contributed by atoms with van der Waals surface area (Å²) in [5.41, 5.74) is 0.219. The summed E-state index contributed by atoms with van der Waals surface area (Å²) >= 11 is 0. The molecule has 8 nitrogen and oxygen atoms in total. The van der Waals surface area contributed by atoms with Crippen molar-refractivity contribution in [3.8, 4) is 11.8 Å². The van der Waals surface area contributed by atoms with Crippen LogP contribution in [0.15, 0.2) is 18.3 Å². The maximum absolute atomic E-state index is 13.7. The quantitative estimate of drug-likeness (QED) is 0.726. The highest BCUT2D eigenvalue weighted by molar-refractivity contribution is 5.88. The highest BCUT2D eigenvalue weighted by Crippen LogP contribution is 2.45. The summed E-state index contributed by atoms with van der Waals surface area (Å²) in [6.45, 7) is 3.82. The lowest BCUT2D eigenvalue weighted by Gasteiger charge is -2.17. The van der Waals surface area contributed by atoms with Crippen molar-refractivity contribution in [1.29, 1.82) is 5.26 Å². The number of aromatic nitrogens is 3. The SMILES string of the molecule is CC(=O)Nc1cc(Nc2cc(C)nc(C(C)(F)F)n2)c(OCC2(C#N)CC2)cn1. The van der Waals surface area contributed by atoms with Crippen LogP contribution < -0.4 is 15.4 Å². The highest BCUT2D eigenvalue weighted by Gasteiger charge is 2.44. The standard InChI is InChI=1S/C19H20F2N6O2/c1-11-6-16(27-17(24-11)18(3,20)21)26-13-7-15(25-12(2)28)23-8-14(13)29-10-19(9-22)4-5-19/h6-8H,4-5,10H2,1-3H3,(H2,23,24,25,26,27,28). The molecule has 2 aromatic rings. The van der Waals surface area contributed by atoms with Crippen molar-refractivity contribution in [3.05, 3.63) is 29.8 Å². The number of anilines is 3. The number of rotatable bonds is 7. The van der Waals surface area contributed by atoms with Crippen LogP contribution in [0.4, 0.5) is 26.1 Å². The van der Waals surface area contributed by atoms with Gasteiger partial charge in [-0.25, -0.2) is 15.0 Å². The number of carbonyl (C=O) groups excluding carboxylic acids is 1. The molecule has 0 aliphatic heterocycles. The number of nitrogens with one attached hydrogen (secondary N) is 2. The van der Waals surface area contributed by atoms with Gasteiger partial charge in [-0.15, -0.1) is 0 Å². The van der Waals surface area contributed by atoms with Gasteiger partial charge in [-0.1, -0.05) is 0 Å². The van der Waals surface area contributed by atoms with Crippen LogP contribution in [-0.2, 0) is 10.7 Å². The molecule has 29 heavy (non-hydrogen) atoms. The first-order valence-electron chi connectivity index (χ1n) is 8.93. The number of pyridine rings is 1. The Balaban J connectivity index is 1.92. The molecular weight excluding hydrogens is 382 g/mol. The van der Waals surface area contributed by atoms with E-state index < -0.39 is 17.2 Å². The molecule has 0 bridgehead atoms. The fraction of sp³-hybridized carbons (Fsp3) is 0.421. The van der Waals surface area contributed by atoms with Crippen LogP contribution in [0.25, 0.3) is 0 Å². The van der Waals surface area contributed by atoms with Gasteiger partial charge >= 0.3 is 5.92 Å². The summed E-state index contributed by atoms with van der Waals surface area (Å²) < 4.78 is 33.1. The maximum atomic E-state index is 13.7. The third-order valence-corrected chi connectivity index (χ3v) is 4.28. The molecule has 0 radical (unpaired) electrons. The van der Waals surface area contributed by atoms with Gasteiger partial charge in [0.2, 0.25) is 11.7 Å². The second kappa shape index (κ2) is 7.58. The third-order valence-electron chi connectivity index (χ3n) is 4.28. The molecule has 1 aliphatic carbocycles. The van der Waals surface area contributed by atoms with Gasteiger partial charge in [0.1, 0.15) is 18.2 Å². The molecule has 1 aliphatic rings. The Bertz CT molecular complexity index is 980. The molecule has 0 atom stereocenters. The third kappa shape index (κ3) is 5.13. The van der Waals surface area contributed by atoms with Crippen LogP contribution in [-0.4, -0.2) is 27.5 Å². The Morgan fingerprint density at radius 2 is 2.07 bits per heavy atom. The molecule has 0 spiro atoms. The molecule has 1 saturated carbocycles. The van der Waals surface area contributed by atoms with Gasteiger partial charge in [0.25, 0.3) is 0 Å². The molecule has 3 rings (SSSR count). The molecule has 2 aromatic heterocycles. The van der Waals surface area contributed by atoms with Crippen molar-refractivity contribution in [3.63, 3.8) is 0 Å². The van der Waals surface area contributed by atoms with Crippen molar-refractivity contribution in [2.24, 2.45) is 5.41 Å². The second-order valence-electron chi connectivity index (χ2n) is 7.16. The lowest BCUT2D eigenvalue weighted by Crippen LogP contribution is -2.15. The Labute approximate surface area is 166 Å². The van der Waals surface area contributed by atoms with E-state index in [9.17, 15) is 18.8 Å². The van der Waals surface area contributed by atoms with E-state index in [1.54, 1.807) is 6.92 Å². The summed E-state index contributed by atoms with van der Waals surface area (Å²) in [7, 11) is 0. The van der Waals surface area contributed by atoms with Crippen molar-refractivity contribution in [1.82, 2.24) is 15.0 Å². The number of aryl methyl sites for hydroxylation is 1. The van der Waals surface area contributed by atoms with E-state index in [2.05, 4.69) is 31.7 Å². The Morgan fingerprint density at radius 3 is 2.66 bits per heavy atom. The fourth-order valence-corrected chi connectivity index (χ4v) is 2.53. The van der Waals surface area contributed by atoms with E-state index >= 15 is 0 Å². The smallest absolute Gasteiger partial charge is 0.303 e. The van der Waals surface area contributed by atoms with Gasteiger partial charge in [-0.2, -0.15) is 14.0 Å². The molecule has 152 valence electrons. The maximum Gasteiger partial charge on any atom is 0.303 e. The van der Waals surface area contributed by atoms with Crippen molar-refractivity contribution >= 4 is 23.2 Å². The number of hydrogen-bond donors (Lipinski definition) is 2. The van der Waals surface area contributed by atoms with Crippen molar-refractivity contribution in [2.45, 2.75) is 39.5 Å². The van der Waals surface area contributed by atoms with Crippen molar-refractivity contribution in [2.75, 3.05) is 17.2 Å². The summed E-state index contributed by atoms with van der Waals surface area (Å²) in [4.78, 5) is 23.1. The number of amides is 1. The normalized spacial score (nSPS) is 14.6. The Kier molecular flexibility index (Phi) is 5.33. The van der Waals surface area contributed by atoms with Gasteiger partial charge in [-0.3, -0.25) is 4.79 Å². The highest BCUT2D eigenvalue weighted by atomic mass is 19.3. The molecule has 0 saturated heterocycles. The monoisotopic (exact) mass is 402 g/mol. The molecule has 1 amide bonds. The lowest BCUT2D eigenvalue weighted by atomic mass is 10.1. The fourth-order valence-electron chi connectivity index (χ4n) is 2.53. The molecule has 2 heterocycles. The minimum atomic E-state index is -3.20. The number of alkyl halides is 2. The second-order valence-corrected chi connectivity index (χ2v) is 7.16. The summed E-state index contributed by atoms with van der Waals surface area (Å²) in [6.07, 6.45) is 2.90. The van der Waals surface area contributed by atoms with E-state index in [1.165, 1.54) is 25.3 Å². The Morgan fingerprint density at radius 1 is 1.34 bits per heavy atom. The zero-order valence-corrected chi connectivity index (χ0v) is 16.2. The molecule has 10 heteroatoms. The molecule has 1 fully saturated rings. The largest absolute Gasteiger partial charge is 0.488 e. The topological polar surface area (TPSA) is 113 Å². The van der Waals surface area contributed by atoms with Crippen LogP contribution in [0.1, 0.15) is 38.2 Å². The van der Waals surface area contributed by atoms with E-state index in [4.69, 9.17) is 4.74 Å². The van der Waals surface area contributed by atoms with E-state index in [0.29, 0.717) is 17.1 Å². The summed E-state index contributed by atoms with van der Waals surface area (Å²) in [5.74, 6) is -3.43. The van der Waals surface area contributed by atoms with Gasteiger partial charge < -0.3 is 15.4 Å². The number of halogens is 2. The predicted molar refractivity (Wildman–Crippen MR) is 101 cm³/mol. The van der Waals surface area contributed by atoms with Gasteiger partial charge in [0.15, 0.2) is 5.75 Å². The first-order chi connectivity index (χ1) is 13.6. The minimum Gasteiger partial charge on any atom is -0.488 e. The zero-order valence-electron chi connectivity index (χ0n) is 16.2. The molecule has 0 aromatic carbocycles. The average molecular weight is 402 g/mol. The number of nitriles is 1. The van der Waals surface area contributed by atoms with Gasteiger partial charge in [0, 0.05) is 31.7 Å². The van der Waals surface area contributed by atoms with Crippen LogP contribution in [0, 0.1) is 23.7 Å². The number of nitrogens with zero attached hydrogens (tertiary/aromatic N) is 4. The summed E-state index contributed by atoms with van der Waals surface area (Å²) in [6, 6.07) is 5.25. The first kappa shape index (κ1) is 20.4. The number of hydrogen-bond acceptors (Lipinski definition) is 7. The number of ether oxygens (including phenoxy) is 1. The molecular formula is C19H20F2N6O2. The summed E-state index contributed by atoms with van der Waals surface area (Å²) in [5, 5.41) is 14.7. The van der Waals surface area contributed by atoms with E-state index in [1.807, 2.05) is 0 Å². The van der Waals surface area contributed by atoms with E-state index in [0.717, 1.165) is 19.8 Å². The lowest BCUT2D eigenvalue weighted by molar-refractivity contribution is -0.114. The first-order valence-corrected chi connectivity index (χ1v) is 8.93. The van der Waals surface area contributed by atoms with Crippen LogP contribution in [0.5, 0.6) is 5.75 Å². The van der Waals surface area contributed by atoms with Crippen LogP contribution >= 0.6 is 0 Å². The average Bonchev–Trinajstić information content (AvgIpc) is 3.40. The molecule has 0 unspecified atom stereocenters. The van der Waals surface area contributed by atoms with E-state index in [-0.39, 0.29) is 24.1 Å².